The highest BCUT2D eigenvalue weighted by molar-refractivity contribution is 5.96. The molecule has 1 aromatic rings. The van der Waals surface area contributed by atoms with E-state index in [0.717, 1.165) is 12.3 Å². The lowest BCUT2D eigenvalue weighted by Gasteiger charge is -2.20. The summed E-state index contributed by atoms with van der Waals surface area (Å²) >= 11 is 0. The minimum absolute atomic E-state index is 0.0414. The molecule has 8 heteroatoms. The molecule has 1 unspecified atom stereocenters. The van der Waals surface area contributed by atoms with Crippen LogP contribution in [0.5, 0.6) is 0 Å². The van der Waals surface area contributed by atoms with Crippen LogP contribution in [-0.2, 0) is 9.59 Å². The average molecular weight is 332 g/mol. The van der Waals surface area contributed by atoms with Crippen molar-refractivity contribution >= 4 is 17.4 Å². The molecule has 0 aliphatic carbocycles. The summed E-state index contributed by atoms with van der Waals surface area (Å²) in [6.45, 7) is 3.30. The maximum Gasteiger partial charge on any atom is 0.454 e. The molecule has 0 aromatic heterocycles. The van der Waals surface area contributed by atoms with Crippen LogP contribution in [0.25, 0.3) is 0 Å². The van der Waals surface area contributed by atoms with Crippen LogP contribution in [0.3, 0.4) is 0 Å². The molecule has 23 heavy (non-hydrogen) atoms. The third-order valence-electron chi connectivity index (χ3n) is 2.87. The van der Waals surface area contributed by atoms with Crippen LogP contribution in [0.1, 0.15) is 13.8 Å². The molecule has 1 atom stereocenters. The van der Waals surface area contributed by atoms with Gasteiger partial charge in [0.25, 0.3) is 5.78 Å². The summed E-state index contributed by atoms with van der Waals surface area (Å²) in [6, 6.07) is 4.56. The standard InChI is InChI=1S/C15H16F4N2O2/c1-9(2)13(20-8-7-12(22)15(17,18)19)14(23)21-11-6-4-3-5-10(11)16/h3-9,13,20H,1-2H3,(H,21,23). The number of nitrogens with one attached hydrogen (secondary N) is 2. The Kier molecular flexibility index (Phi) is 6.29. The van der Waals surface area contributed by atoms with Gasteiger partial charge in [-0.15, -0.1) is 0 Å². The van der Waals surface area contributed by atoms with Crippen molar-refractivity contribution in [1.82, 2.24) is 5.32 Å². The summed E-state index contributed by atoms with van der Waals surface area (Å²) in [5.74, 6) is -3.62. The molecule has 0 fully saturated rings. The van der Waals surface area contributed by atoms with E-state index in [4.69, 9.17) is 0 Å². The zero-order valence-corrected chi connectivity index (χ0v) is 12.4. The molecular formula is C15H16F4N2O2. The molecule has 126 valence electrons. The molecule has 0 saturated carbocycles. The van der Waals surface area contributed by atoms with Crippen molar-refractivity contribution in [2.75, 3.05) is 5.32 Å². The molecule has 4 nitrogen and oxygen atoms in total. The Labute approximate surface area is 130 Å². The summed E-state index contributed by atoms with van der Waals surface area (Å²) in [5.41, 5.74) is -0.0414. The highest BCUT2D eigenvalue weighted by atomic mass is 19.4. The minimum atomic E-state index is -4.97. The van der Waals surface area contributed by atoms with Crippen molar-refractivity contribution in [3.63, 3.8) is 0 Å². The quantitative estimate of drug-likeness (QED) is 0.622. The molecule has 0 saturated heterocycles. The van der Waals surface area contributed by atoms with Gasteiger partial charge in [0.1, 0.15) is 11.9 Å². The van der Waals surface area contributed by atoms with E-state index in [2.05, 4.69) is 10.6 Å². The second-order valence-corrected chi connectivity index (χ2v) is 5.05. The molecule has 0 bridgehead atoms. The number of carbonyl (C=O) groups is 2. The zero-order chi connectivity index (χ0) is 17.6. The Bertz CT molecular complexity index is 597. The zero-order valence-electron chi connectivity index (χ0n) is 12.4. The third-order valence-corrected chi connectivity index (χ3v) is 2.87. The van der Waals surface area contributed by atoms with Crippen LogP contribution in [0, 0.1) is 11.7 Å². The lowest BCUT2D eigenvalue weighted by atomic mass is 10.0. The molecule has 1 rings (SSSR count). The number of carbonyl (C=O) groups excluding carboxylic acids is 2. The Hall–Kier alpha value is -2.38. The third kappa shape index (κ3) is 5.72. The number of halogens is 4. The number of benzene rings is 1. The van der Waals surface area contributed by atoms with Crippen molar-refractivity contribution in [1.29, 1.82) is 0 Å². The summed E-state index contributed by atoms with van der Waals surface area (Å²) in [4.78, 5) is 22.8. The normalized spacial score (nSPS) is 13.2. The number of para-hydroxylation sites is 1. The molecule has 0 aliphatic rings. The maximum atomic E-state index is 13.5. The van der Waals surface area contributed by atoms with Crippen LogP contribution < -0.4 is 10.6 Å². The van der Waals surface area contributed by atoms with Crippen molar-refractivity contribution in [3.05, 3.63) is 42.4 Å². The first kappa shape index (κ1) is 18.7. The van der Waals surface area contributed by atoms with E-state index in [1.54, 1.807) is 13.8 Å². The van der Waals surface area contributed by atoms with E-state index in [9.17, 15) is 27.2 Å². The Morgan fingerprint density at radius 1 is 1.17 bits per heavy atom. The maximum absolute atomic E-state index is 13.5. The van der Waals surface area contributed by atoms with Gasteiger partial charge in [-0.1, -0.05) is 26.0 Å². The fraction of sp³-hybridized carbons (Fsp3) is 0.333. The van der Waals surface area contributed by atoms with E-state index in [0.29, 0.717) is 6.08 Å². The predicted octanol–water partition coefficient (Wildman–Crippen LogP) is 3.02. The van der Waals surface area contributed by atoms with Crippen molar-refractivity contribution in [3.8, 4) is 0 Å². The highest BCUT2D eigenvalue weighted by Gasteiger charge is 2.36. The fourth-order valence-corrected chi connectivity index (χ4v) is 1.67. The molecule has 0 heterocycles. The number of hydrogen-bond acceptors (Lipinski definition) is 3. The number of alkyl halides is 3. The van der Waals surface area contributed by atoms with Gasteiger partial charge in [-0.2, -0.15) is 13.2 Å². The smallest absolute Gasteiger partial charge is 0.379 e. The number of ketones is 1. The molecule has 0 radical (unpaired) electrons. The van der Waals surface area contributed by atoms with E-state index in [-0.39, 0.29) is 11.6 Å². The first-order valence-corrected chi connectivity index (χ1v) is 6.72. The first-order valence-electron chi connectivity index (χ1n) is 6.72. The van der Waals surface area contributed by atoms with Gasteiger partial charge in [0, 0.05) is 12.3 Å². The second-order valence-electron chi connectivity index (χ2n) is 5.05. The van der Waals surface area contributed by atoms with Crippen molar-refractivity contribution in [2.24, 2.45) is 5.92 Å². The van der Waals surface area contributed by atoms with Crippen LogP contribution in [0.4, 0.5) is 23.2 Å². The number of anilines is 1. The number of rotatable bonds is 6. The largest absolute Gasteiger partial charge is 0.454 e. The Balaban J connectivity index is 2.75. The molecule has 0 spiro atoms. The summed E-state index contributed by atoms with van der Waals surface area (Å²) in [7, 11) is 0. The van der Waals surface area contributed by atoms with Gasteiger partial charge in [-0.3, -0.25) is 9.59 Å². The van der Waals surface area contributed by atoms with Crippen LogP contribution in [0.15, 0.2) is 36.5 Å². The minimum Gasteiger partial charge on any atom is -0.379 e. The van der Waals surface area contributed by atoms with Gasteiger partial charge in [-0.25, -0.2) is 4.39 Å². The predicted molar refractivity (Wildman–Crippen MR) is 77.0 cm³/mol. The Morgan fingerprint density at radius 3 is 2.30 bits per heavy atom. The topological polar surface area (TPSA) is 58.2 Å². The van der Waals surface area contributed by atoms with Crippen molar-refractivity contribution in [2.45, 2.75) is 26.1 Å². The molecule has 1 amide bonds. The van der Waals surface area contributed by atoms with Gasteiger partial charge in [-0.05, 0) is 18.1 Å². The van der Waals surface area contributed by atoms with Crippen LogP contribution in [-0.4, -0.2) is 23.9 Å². The molecule has 2 N–H and O–H groups in total. The number of hydrogen-bond donors (Lipinski definition) is 2. The number of amides is 1. The van der Waals surface area contributed by atoms with E-state index >= 15 is 0 Å². The molecule has 0 aliphatic heterocycles. The summed E-state index contributed by atoms with van der Waals surface area (Å²) < 4.78 is 49.7. The molecule has 1 aromatic carbocycles. The van der Waals surface area contributed by atoms with Gasteiger partial charge in [0.15, 0.2) is 0 Å². The first-order chi connectivity index (χ1) is 10.6. The van der Waals surface area contributed by atoms with Gasteiger partial charge in [0.2, 0.25) is 5.91 Å². The lowest BCUT2D eigenvalue weighted by Crippen LogP contribution is -2.42. The van der Waals surface area contributed by atoms with Crippen LogP contribution in [0.2, 0.25) is 0 Å². The summed E-state index contributed by atoms with van der Waals surface area (Å²) in [6.07, 6.45) is -3.91. The van der Waals surface area contributed by atoms with E-state index < -0.39 is 29.7 Å². The number of allylic oxidation sites excluding steroid dienone is 1. The summed E-state index contributed by atoms with van der Waals surface area (Å²) in [5, 5.41) is 4.77. The van der Waals surface area contributed by atoms with Crippen LogP contribution >= 0.6 is 0 Å². The van der Waals surface area contributed by atoms with E-state index in [1.165, 1.54) is 18.2 Å². The van der Waals surface area contributed by atoms with Gasteiger partial charge < -0.3 is 10.6 Å². The SMILES string of the molecule is CC(C)C(NC=CC(=O)C(F)(F)F)C(=O)Nc1ccccc1F. The Morgan fingerprint density at radius 2 is 1.78 bits per heavy atom. The van der Waals surface area contributed by atoms with Gasteiger partial charge >= 0.3 is 6.18 Å². The fourth-order valence-electron chi connectivity index (χ4n) is 1.67. The lowest BCUT2D eigenvalue weighted by molar-refractivity contribution is -0.165. The van der Waals surface area contributed by atoms with Gasteiger partial charge in [0.05, 0.1) is 5.69 Å². The average Bonchev–Trinajstić information content (AvgIpc) is 2.44. The van der Waals surface area contributed by atoms with Crippen molar-refractivity contribution < 1.29 is 27.2 Å². The highest BCUT2D eigenvalue weighted by Crippen LogP contribution is 2.16. The monoisotopic (exact) mass is 332 g/mol. The second kappa shape index (κ2) is 7.75. The van der Waals surface area contributed by atoms with E-state index in [1.807, 2.05) is 0 Å². The molecular weight excluding hydrogens is 316 g/mol.